The molecule has 1 heteroatoms. The van der Waals surface area contributed by atoms with Gasteiger partial charge in [-0.15, -0.1) is 0 Å². The van der Waals surface area contributed by atoms with Gasteiger partial charge < -0.3 is 0 Å². The molecular formula is C15H20O. The smallest absolute Gasteiger partial charge is 0.156 e. The molecule has 3 aliphatic rings. The van der Waals surface area contributed by atoms with E-state index in [4.69, 9.17) is 0 Å². The first-order valence-corrected chi connectivity index (χ1v) is 6.31. The minimum atomic E-state index is 0.233. The van der Waals surface area contributed by atoms with E-state index in [-0.39, 0.29) is 5.41 Å². The van der Waals surface area contributed by atoms with E-state index in [0.717, 1.165) is 18.3 Å². The minimum Gasteiger partial charge on any atom is -0.295 e. The van der Waals surface area contributed by atoms with Gasteiger partial charge in [0.2, 0.25) is 0 Å². The molecule has 0 aromatic carbocycles. The molecule has 3 rings (SSSR count). The Bertz CT molecular complexity index is 427. The lowest BCUT2D eigenvalue weighted by Crippen LogP contribution is -2.37. The molecule has 16 heavy (non-hydrogen) atoms. The van der Waals surface area contributed by atoms with Crippen molar-refractivity contribution in [2.45, 2.75) is 34.1 Å². The Morgan fingerprint density at radius 3 is 2.69 bits per heavy atom. The number of allylic oxidation sites excluding steroid dienone is 4. The average molecular weight is 216 g/mol. The van der Waals surface area contributed by atoms with Gasteiger partial charge in [-0.25, -0.2) is 0 Å². The van der Waals surface area contributed by atoms with E-state index >= 15 is 0 Å². The average Bonchev–Trinajstić information content (AvgIpc) is 2.73. The standard InChI is InChI=1S/C15H20O/c1-9-7-11(16)8-10-5-6-12-13(14(12,2)3)15(9,10)4/h5-6,8-9,12-13H,7H2,1-4H3. The number of ketones is 1. The van der Waals surface area contributed by atoms with E-state index in [1.807, 2.05) is 6.08 Å². The molecule has 0 spiro atoms. The van der Waals surface area contributed by atoms with Crippen molar-refractivity contribution in [2.24, 2.45) is 28.6 Å². The molecule has 4 atom stereocenters. The van der Waals surface area contributed by atoms with Crippen LogP contribution >= 0.6 is 0 Å². The van der Waals surface area contributed by atoms with Gasteiger partial charge in [0.15, 0.2) is 5.78 Å². The number of hydrogen-bond donors (Lipinski definition) is 0. The molecule has 0 bridgehead atoms. The summed E-state index contributed by atoms with van der Waals surface area (Å²) in [6.07, 6.45) is 7.15. The SMILES string of the molecule is CC1CC(=O)C=C2C=CC3C(C3(C)C)C21C. The molecule has 1 nitrogen and oxygen atoms in total. The molecule has 4 unspecified atom stereocenters. The van der Waals surface area contributed by atoms with Crippen LogP contribution in [0.15, 0.2) is 23.8 Å². The summed E-state index contributed by atoms with van der Waals surface area (Å²) in [4.78, 5) is 11.6. The van der Waals surface area contributed by atoms with Crippen LogP contribution in [0, 0.1) is 28.6 Å². The molecule has 0 amide bonds. The summed E-state index contributed by atoms with van der Waals surface area (Å²) in [6.45, 7) is 9.34. The number of rotatable bonds is 0. The second-order valence-corrected chi connectivity index (χ2v) is 6.64. The van der Waals surface area contributed by atoms with Crippen molar-refractivity contribution in [3.63, 3.8) is 0 Å². The summed E-state index contributed by atoms with van der Waals surface area (Å²) in [5.74, 6) is 2.26. The second kappa shape index (κ2) is 2.69. The molecule has 0 N–H and O–H groups in total. The van der Waals surface area contributed by atoms with Crippen molar-refractivity contribution in [1.29, 1.82) is 0 Å². The number of hydrogen-bond acceptors (Lipinski definition) is 1. The lowest BCUT2D eigenvalue weighted by atomic mass is 9.61. The van der Waals surface area contributed by atoms with Gasteiger partial charge in [-0.05, 0) is 40.2 Å². The zero-order valence-corrected chi connectivity index (χ0v) is 10.6. The number of carbonyl (C=O) groups excluding carboxylic acids is 1. The van der Waals surface area contributed by atoms with Crippen molar-refractivity contribution in [3.05, 3.63) is 23.8 Å². The molecule has 0 aromatic heterocycles. The van der Waals surface area contributed by atoms with Crippen molar-refractivity contribution < 1.29 is 4.79 Å². The highest BCUT2D eigenvalue weighted by molar-refractivity contribution is 5.92. The van der Waals surface area contributed by atoms with E-state index in [0.29, 0.717) is 17.1 Å². The van der Waals surface area contributed by atoms with Gasteiger partial charge in [-0.3, -0.25) is 4.79 Å². The van der Waals surface area contributed by atoms with E-state index in [2.05, 4.69) is 39.8 Å². The lowest BCUT2D eigenvalue weighted by Gasteiger charge is -2.42. The molecule has 0 aliphatic heterocycles. The summed E-state index contributed by atoms with van der Waals surface area (Å²) in [7, 11) is 0. The Morgan fingerprint density at radius 2 is 2.00 bits per heavy atom. The van der Waals surface area contributed by atoms with Crippen LogP contribution in [0.4, 0.5) is 0 Å². The zero-order valence-electron chi connectivity index (χ0n) is 10.6. The van der Waals surface area contributed by atoms with Crippen molar-refractivity contribution in [2.75, 3.05) is 0 Å². The molecule has 86 valence electrons. The Hall–Kier alpha value is -0.850. The summed E-state index contributed by atoms with van der Waals surface area (Å²) in [6, 6.07) is 0. The Morgan fingerprint density at radius 1 is 1.31 bits per heavy atom. The Labute approximate surface area is 97.6 Å². The van der Waals surface area contributed by atoms with Crippen LogP contribution in [0.25, 0.3) is 0 Å². The molecule has 0 radical (unpaired) electrons. The fraction of sp³-hybridized carbons (Fsp3) is 0.667. The third-order valence-corrected chi connectivity index (χ3v) is 5.51. The predicted octanol–water partition coefficient (Wildman–Crippen LogP) is 3.37. The van der Waals surface area contributed by atoms with Gasteiger partial charge in [0.25, 0.3) is 0 Å². The van der Waals surface area contributed by atoms with Crippen molar-refractivity contribution >= 4 is 5.78 Å². The maximum absolute atomic E-state index is 11.6. The third-order valence-electron chi connectivity index (χ3n) is 5.51. The number of carbonyl (C=O) groups is 1. The van der Waals surface area contributed by atoms with Crippen molar-refractivity contribution in [1.82, 2.24) is 0 Å². The maximum Gasteiger partial charge on any atom is 0.156 e. The largest absolute Gasteiger partial charge is 0.295 e. The minimum absolute atomic E-state index is 0.233. The monoisotopic (exact) mass is 216 g/mol. The van der Waals surface area contributed by atoms with Gasteiger partial charge in [0.05, 0.1) is 0 Å². The van der Waals surface area contributed by atoms with Gasteiger partial charge in [-0.2, -0.15) is 0 Å². The van der Waals surface area contributed by atoms with E-state index in [1.54, 1.807) is 0 Å². The molecular weight excluding hydrogens is 196 g/mol. The van der Waals surface area contributed by atoms with Crippen molar-refractivity contribution in [3.8, 4) is 0 Å². The Balaban J connectivity index is 2.13. The van der Waals surface area contributed by atoms with E-state index in [9.17, 15) is 4.79 Å². The first-order valence-electron chi connectivity index (χ1n) is 6.31. The first kappa shape index (κ1) is 10.3. The van der Waals surface area contributed by atoms with Crippen LogP contribution in [0.1, 0.15) is 34.1 Å². The summed E-state index contributed by atoms with van der Waals surface area (Å²) in [5, 5.41) is 0. The summed E-state index contributed by atoms with van der Waals surface area (Å²) in [5.41, 5.74) is 1.94. The molecule has 0 heterocycles. The van der Waals surface area contributed by atoms with Crippen LogP contribution in [0.2, 0.25) is 0 Å². The third kappa shape index (κ3) is 0.996. The van der Waals surface area contributed by atoms with Gasteiger partial charge in [0.1, 0.15) is 0 Å². The highest BCUT2D eigenvalue weighted by Crippen LogP contribution is 2.72. The van der Waals surface area contributed by atoms with Crippen LogP contribution in [0.3, 0.4) is 0 Å². The topological polar surface area (TPSA) is 17.1 Å². The summed E-state index contributed by atoms with van der Waals surface area (Å²) >= 11 is 0. The molecule has 1 saturated carbocycles. The summed E-state index contributed by atoms with van der Waals surface area (Å²) < 4.78 is 0. The van der Waals surface area contributed by atoms with Crippen LogP contribution in [0.5, 0.6) is 0 Å². The molecule has 3 aliphatic carbocycles. The predicted molar refractivity (Wildman–Crippen MR) is 64.9 cm³/mol. The molecule has 0 aromatic rings. The highest BCUT2D eigenvalue weighted by atomic mass is 16.1. The normalized spacial score (nSPS) is 48.1. The second-order valence-electron chi connectivity index (χ2n) is 6.64. The van der Waals surface area contributed by atoms with Crippen LogP contribution < -0.4 is 0 Å². The van der Waals surface area contributed by atoms with Gasteiger partial charge in [0, 0.05) is 6.42 Å². The fourth-order valence-corrected chi connectivity index (χ4v) is 4.29. The van der Waals surface area contributed by atoms with Crippen LogP contribution in [-0.2, 0) is 4.79 Å². The fourth-order valence-electron chi connectivity index (χ4n) is 4.29. The lowest BCUT2D eigenvalue weighted by molar-refractivity contribution is -0.117. The molecule has 0 saturated heterocycles. The highest BCUT2D eigenvalue weighted by Gasteiger charge is 2.67. The van der Waals surface area contributed by atoms with E-state index < -0.39 is 0 Å². The van der Waals surface area contributed by atoms with Gasteiger partial charge >= 0.3 is 0 Å². The Kier molecular flexibility index (Phi) is 1.74. The quantitative estimate of drug-likeness (QED) is 0.606. The zero-order chi connectivity index (χ0) is 11.7. The first-order chi connectivity index (χ1) is 7.38. The maximum atomic E-state index is 11.6. The van der Waals surface area contributed by atoms with Crippen LogP contribution in [-0.4, -0.2) is 5.78 Å². The van der Waals surface area contributed by atoms with Gasteiger partial charge in [-0.1, -0.05) is 39.8 Å². The number of fused-ring (bicyclic) bond motifs is 3. The van der Waals surface area contributed by atoms with E-state index in [1.165, 1.54) is 5.57 Å². The molecule has 1 fully saturated rings.